The summed E-state index contributed by atoms with van der Waals surface area (Å²) in [5.74, 6) is 0.412. The van der Waals surface area contributed by atoms with Gasteiger partial charge in [0.15, 0.2) is 12.0 Å². The van der Waals surface area contributed by atoms with Crippen LogP contribution >= 0.6 is 0 Å². The molecule has 3 nitrogen and oxygen atoms in total. The van der Waals surface area contributed by atoms with Crippen molar-refractivity contribution in [1.82, 2.24) is 0 Å². The number of hydrogen-bond acceptors (Lipinski definition) is 3. The molecule has 66 valence electrons. The Morgan fingerprint density at radius 1 is 1.67 bits per heavy atom. The zero-order chi connectivity index (χ0) is 8.81. The summed E-state index contributed by atoms with van der Waals surface area (Å²) in [5.41, 5.74) is 0.915. The fourth-order valence-electron chi connectivity index (χ4n) is 0.984. The van der Waals surface area contributed by atoms with Crippen LogP contribution in [0.25, 0.3) is 0 Å². The third kappa shape index (κ3) is 2.20. The topological polar surface area (TPSA) is 39.4 Å². The lowest BCUT2D eigenvalue weighted by atomic mass is 10.2. The summed E-state index contributed by atoms with van der Waals surface area (Å²) in [6.07, 6.45) is 2.98. The Bertz CT molecular complexity index is 240. The molecular weight excluding hydrogens is 156 g/mol. The molecule has 3 heteroatoms. The first-order chi connectivity index (χ1) is 5.88. The Balaban J connectivity index is 2.45. The molecule has 0 N–H and O–H groups in total. The lowest BCUT2D eigenvalue weighted by Gasteiger charge is -1.98. The van der Waals surface area contributed by atoms with Crippen molar-refractivity contribution in [3.05, 3.63) is 23.7 Å². The molecule has 0 aliphatic carbocycles. The summed E-state index contributed by atoms with van der Waals surface area (Å²) in [5, 5.41) is 0. The van der Waals surface area contributed by atoms with Gasteiger partial charge < -0.3 is 9.15 Å². The van der Waals surface area contributed by atoms with Gasteiger partial charge in [0, 0.05) is 12.2 Å². The minimum absolute atomic E-state index is 0.412. The monoisotopic (exact) mass is 168 g/mol. The highest BCUT2D eigenvalue weighted by atomic mass is 16.5. The summed E-state index contributed by atoms with van der Waals surface area (Å²) in [6, 6.07) is 1.79. The van der Waals surface area contributed by atoms with Crippen LogP contribution in [0.15, 0.2) is 16.7 Å². The highest BCUT2D eigenvalue weighted by Crippen LogP contribution is 2.08. The third-order valence-electron chi connectivity index (χ3n) is 1.61. The lowest BCUT2D eigenvalue weighted by Crippen LogP contribution is -1.98. The quantitative estimate of drug-likeness (QED) is 0.496. The van der Waals surface area contributed by atoms with Crippen LogP contribution in [-0.2, 0) is 11.2 Å². The van der Waals surface area contributed by atoms with Crippen LogP contribution in [0.1, 0.15) is 23.0 Å². The fraction of sp³-hybridized carbons (Fsp3) is 0.444. The maximum Gasteiger partial charge on any atom is 0.185 e. The van der Waals surface area contributed by atoms with E-state index < -0.39 is 0 Å². The standard InChI is InChI=1S/C9H12O3/c1-2-11-5-3-8-4-6-12-9(8)7-10/h4,6-7H,2-3,5H2,1H3. The Hall–Kier alpha value is -1.09. The first-order valence-corrected chi connectivity index (χ1v) is 3.97. The molecule has 1 rings (SSSR count). The van der Waals surface area contributed by atoms with Crippen molar-refractivity contribution in [2.24, 2.45) is 0 Å². The number of carbonyl (C=O) groups is 1. The van der Waals surface area contributed by atoms with Crippen LogP contribution in [-0.4, -0.2) is 19.5 Å². The largest absolute Gasteiger partial charge is 0.461 e. The maximum absolute atomic E-state index is 10.4. The van der Waals surface area contributed by atoms with Gasteiger partial charge in [0.1, 0.15) is 0 Å². The zero-order valence-electron chi connectivity index (χ0n) is 7.08. The summed E-state index contributed by atoms with van der Waals surface area (Å²) >= 11 is 0. The number of rotatable bonds is 5. The second kappa shape index (κ2) is 4.72. The van der Waals surface area contributed by atoms with E-state index in [-0.39, 0.29) is 0 Å². The number of ether oxygens (including phenoxy) is 1. The zero-order valence-corrected chi connectivity index (χ0v) is 7.08. The van der Waals surface area contributed by atoms with Crippen molar-refractivity contribution in [3.8, 4) is 0 Å². The third-order valence-corrected chi connectivity index (χ3v) is 1.61. The molecule has 0 saturated heterocycles. The minimum Gasteiger partial charge on any atom is -0.461 e. The lowest BCUT2D eigenvalue weighted by molar-refractivity contribution is 0.109. The molecular formula is C9H12O3. The van der Waals surface area contributed by atoms with Gasteiger partial charge >= 0.3 is 0 Å². The van der Waals surface area contributed by atoms with Crippen molar-refractivity contribution in [2.45, 2.75) is 13.3 Å². The minimum atomic E-state index is 0.412. The Morgan fingerprint density at radius 3 is 3.17 bits per heavy atom. The molecule has 1 aromatic heterocycles. The average molecular weight is 168 g/mol. The van der Waals surface area contributed by atoms with E-state index >= 15 is 0 Å². The van der Waals surface area contributed by atoms with Crippen LogP contribution < -0.4 is 0 Å². The van der Waals surface area contributed by atoms with Crippen molar-refractivity contribution in [3.63, 3.8) is 0 Å². The molecule has 1 heterocycles. The summed E-state index contributed by atoms with van der Waals surface area (Å²) in [7, 11) is 0. The molecule has 0 atom stereocenters. The van der Waals surface area contributed by atoms with Gasteiger partial charge in [-0.25, -0.2) is 0 Å². The van der Waals surface area contributed by atoms with E-state index in [1.54, 1.807) is 6.07 Å². The van der Waals surface area contributed by atoms with Gasteiger partial charge in [-0.05, 0) is 19.4 Å². The summed E-state index contributed by atoms with van der Waals surface area (Å²) in [4.78, 5) is 10.4. The molecule has 0 amide bonds. The summed E-state index contributed by atoms with van der Waals surface area (Å²) < 4.78 is 10.1. The van der Waals surface area contributed by atoms with E-state index in [0.717, 1.165) is 18.3 Å². The molecule has 0 fully saturated rings. The van der Waals surface area contributed by atoms with Crippen molar-refractivity contribution in [1.29, 1.82) is 0 Å². The molecule has 0 bridgehead atoms. The van der Waals surface area contributed by atoms with E-state index in [1.807, 2.05) is 6.92 Å². The molecule has 0 radical (unpaired) electrons. The van der Waals surface area contributed by atoms with E-state index in [2.05, 4.69) is 0 Å². The summed E-state index contributed by atoms with van der Waals surface area (Å²) in [6.45, 7) is 3.28. The van der Waals surface area contributed by atoms with E-state index in [1.165, 1.54) is 6.26 Å². The SMILES string of the molecule is CCOCCc1ccoc1C=O. The van der Waals surface area contributed by atoms with Gasteiger partial charge in [0.2, 0.25) is 0 Å². The van der Waals surface area contributed by atoms with Gasteiger partial charge in [-0.2, -0.15) is 0 Å². The van der Waals surface area contributed by atoms with Crippen LogP contribution in [0.5, 0.6) is 0 Å². The van der Waals surface area contributed by atoms with Crippen molar-refractivity contribution < 1.29 is 13.9 Å². The first-order valence-electron chi connectivity index (χ1n) is 3.97. The molecule has 0 aliphatic heterocycles. The smallest absolute Gasteiger partial charge is 0.185 e. The van der Waals surface area contributed by atoms with E-state index in [9.17, 15) is 4.79 Å². The van der Waals surface area contributed by atoms with Crippen LogP contribution in [0, 0.1) is 0 Å². The van der Waals surface area contributed by atoms with Crippen molar-refractivity contribution in [2.75, 3.05) is 13.2 Å². The highest BCUT2D eigenvalue weighted by Gasteiger charge is 2.03. The van der Waals surface area contributed by atoms with Crippen LogP contribution in [0.2, 0.25) is 0 Å². The van der Waals surface area contributed by atoms with Crippen LogP contribution in [0.3, 0.4) is 0 Å². The Labute approximate surface area is 71.3 Å². The molecule has 0 saturated carbocycles. The second-order valence-electron chi connectivity index (χ2n) is 2.37. The second-order valence-corrected chi connectivity index (χ2v) is 2.37. The van der Waals surface area contributed by atoms with Gasteiger partial charge in [0.25, 0.3) is 0 Å². The predicted molar refractivity (Wildman–Crippen MR) is 44.3 cm³/mol. The molecule has 12 heavy (non-hydrogen) atoms. The molecule has 0 spiro atoms. The maximum atomic E-state index is 10.4. The molecule has 0 aromatic carbocycles. The van der Waals surface area contributed by atoms with Gasteiger partial charge in [-0.3, -0.25) is 4.79 Å². The Morgan fingerprint density at radius 2 is 2.50 bits per heavy atom. The molecule has 1 aromatic rings. The van der Waals surface area contributed by atoms with Gasteiger partial charge in [-0.15, -0.1) is 0 Å². The number of carbonyl (C=O) groups excluding carboxylic acids is 1. The number of aldehydes is 1. The number of hydrogen-bond donors (Lipinski definition) is 0. The van der Waals surface area contributed by atoms with Gasteiger partial charge in [0.05, 0.1) is 12.9 Å². The van der Waals surface area contributed by atoms with E-state index in [0.29, 0.717) is 19.0 Å². The first kappa shape index (κ1) is 9.00. The molecule has 0 unspecified atom stereocenters. The van der Waals surface area contributed by atoms with Crippen LogP contribution in [0.4, 0.5) is 0 Å². The van der Waals surface area contributed by atoms with Crippen molar-refractivity contribution >= 4 is 6.29 Å². The predicted octanol–water partition coefficient (Wildman–Crippen LogP) is 1.67. The average Bonchev–Trinajstić information content (AvgIpc) is 2.52. The highest BCUT2D eigenvalue weighted by molar-refractivity contribution is 5.72. The normalized spacial score (nSPS) is 10.1. The molecule has 0 aliphatic rings. The van der Waals surface area contributed by atoms with E-state index in [4.69, 9.17) is 9.15 Å². The fourth-order valence-corrected chi connectivity index (χ4v) is 0.984. The number of furan rings is 1. The Kier molecular flexibility index (Phi) is 3.54. The van der Waals surface area contributed by atoms with Gasteiger partial charge in [-0.1, -0.05) is 0 Å².